The number of carbonyl (C=O) groups is 1. The third kappa shape index (κ3) is 5.48. The van der Waals surface area contributed by atoms with Crippen LogP contribution in [0.3, 0.4) is 0 Å². The zero-order valence-electron chi connectivity index (χ0n) is 14.9. The van der Waals surface area contributed by atoms with Crippen molar-refractivity contribution < 1.29 is 13.9 Å². The van der Waals surface area contributed by atoms with Crippen LogP contribution in [-0.4, -0.2) is 43.6 Å². The summed E-state index contributed by atoms with van der Waals surface area (Å²) >= 11 is 0. The molecule has 1 saturated carbocycles. The number of hydrogen-bond acceptors (Lipinski definition) is 3. The van der Waals surface area contributed by atoms with E-state index in [-0.39, 0.29) is 23.5 Å². The Hall–Kier alpha value is -1.62. The van der Waals surface area contributed by atoms with E-state index in [0.29, 0.717) is 31.5 Å². The van der Waals surface area contributed by atoms with Crippen LogP contribution in [-0.2, 0) is 4.79 Å². The molecule has 1 amide bonds. The predicted molar refractivity (Wildman–Crippen MR) is 93.5 cm³/mol. The molecule has 0 aliphatic heterocycles. The molecule has 0 radical (unpaired) electrons. The number of ether oxygens (including phenoxy) is 1. The second kappa shape index (κ2) is 9.02. The minimum atomic E-state index is -0.363. The van der Waals surface area contributed by atoms with Crippen LogP contribution in [0.25, 0.3) is 0 Å². The molecule has 0 heterocycles. The molecule has 3 atom stereocenters. The van der Waals surface area contributed by atoms with Crippen LogP contribution in [0.4, 0.5) is 4.39 Å². The zero-order valence-corrected chi connectivity index (χ0v) is 14.9. The third-order valence-corrected chi connectivity index (χ3v) is 5.03. The summed E-state index contributed by atoms with van der Waals surface area (Å²) in [6.45, 7) is 5.73. The van der Waals surface area contributed by atoms with Gasteiger partial charge in [0, 0.05) is 12.6 Å². The number of para-hydroxylation sites is 1. The Kier molecular flexibility index (Phi) is 7.03. The SMILES string of the molecule is C[C@H]1[C@H](C)CCC[C@H]1NC(=O)CN(C)CCOc1ccccc1F. The number of amides is 1. The van der Waals surface area contributed by atoms with Crippen molar-refractivity contribution >= 4 is 5.91 Å². The second-order valence-corrected chi connectivity index (χ2v) is 6.96. The number of hydrogen-bond donors (Lipinski definition) is 1. The van der Waals surface area contributed by atoms with Gasteiger partial charge in [-0.3, -0.25) is 9.69 Å². The Morgan fingerprint density at radius 3 is 2.83 bits per heavy atom. The monoisotopic (exact) mass is 336 g/mol. The average molecular weight is 336 g/mol. The van der Waals surface area contributed by atoms with Gasteiger partial charge in [-0.15, -0.1) is 0 Å². The zero-order chi connectivity index (χ0) is 17.5. The number of nitrogens with zero attached hydrogens (tertiary/aromatic N) is 1. The highest BCUT2D eigenvalue weighted by Gasteiger charge is 2.28. The molecule has 1 aromatic carbocycles. The van der Waals surface area contributed by atoms with Gasteiger partial charge in [0.1, 0.15) is 6.61 Å². The second-order valence-electron chi connectivity index (χ2n) is 6.96. The summed E-state index contributed by atoms with van der Waals surface area (Å²) in [6.07, 6.45) is 3.50. The number of halogens is 1. The first kappa shape index (κ1) is 18.7. The maximum Gasteiger partial charge on any atom is 0.234 e. The van der Waals surface area contributed by atoms with E-state index in [9.17, 15) is 9.18 Å². The van der Waals surface area contributed by atoms with Gasteiger partial charge < -0.3 is 10.1 Å². The summed E-state index contributed by atoms with van der Waals surface area (Å²) in [7, 11) is 1.87. The van der Waals surface area contributed by atoms with Gasteiger partial charge >= 0.3 is 0 Å². The van der Waals surface area contributed by atoms with Crippen LogP contribution in [0.15, 0.2) is 24.3 Å². The summed E-state index contributed by atoms with van der Waals surface area (Å²) in [5.74, 6) is 1.13. The number of carbonyl (C=O) groups excluding carboxylic acids is 1. The smallest absolute Gasteiger partial charge is 0.234 e. The highest BCUT2D eigenvalue weighted by molar-refractivity contribution is 5.78. The molecule has 1 fully saturated rings. The van der Waals surface area contributed by atoms with E-state index in [4.69, 9.17) is 4.74 Å². The quantitative estimate of drug-likeness (QED) is 0.832. The van der Waals surface area contributed by atoms with Crippen LogP contribution < -0.4 is 10.1 Å². The molecule has 0 aromatic heterocycles. The van der Waals surface area contributed by atoms with Crippen molar-refractivity contribution in [3.05, 3.63) is 30.1 Å². The molecule has 1 aliphatic rings. The van der Waals surface area contributed by atoms with Crippen molar-refractivity contribution in [1.29, 1.82) is 0 Å². The molecule has 24 heavy (non-hydrogen) atoms. The maximum atomic E-state index is 13.5. The molecule has 134 valence electrons. The van der Waals surface area contributed by atoms with Crippen molar-refractivity contribution in [2.24, 2.45) is 11.8 Å². The van der Waals surface area contributed by atoms with Crippen molar-refractivity contribution in [3.63, 3.8) is 0 Å². The largest absolute Gasteiger partial charge is 0.489 e. The first-order chi connectivity index (χ1) is 11.5. The third-order valence-electron chi connectivity index (χ3n) is 5.03. The first-order valence-corrected chi connectivity index (χ1v) is 8.82. The fraction of sp³-hybridized carbons (Fsp3) is 0.632. The highest BCUT2D eigenvalue weighted by Crippen LogP contribution is 2.29. The summed E-state index contributed by atoms with van der Waals surface area (Å²) in [5.41, 5.74) is 0. The number of benzene rings is 1. The van der Waals surface area contributed by atoms with Gasteiger partial charge in [-0.05, 0) is 37.4 Å². The van der Waals surface area contributed by atoms with Gasteiger partial charge in [0.15, 0.2) is 11.6 Å². The summed E-state index contributed by atoms with van der Waals surface area (Å²) in [4.78, 5) is 14.1. The average Bonchev–Trinajstić information content (AvgIpc) is 2.53. The lowest BCUT2D eigenvalue weighted by Crippen LogP contribution is -2.47. The van der Waals surface area contributed by atoms with Gasteiger partial charge in [0.25, 0.3) is 0 Å². The molecule has 5 heteroatoms. The van der Waals surface area contributed by atoms with Gasteiger partial charge in [0.2, 0.25) is 5.91 Å². The minimum Gasteiger partial charge on any atom is -0.489 e. The van der Waals surface area contributed by atoms with E-state index >= 15 is 0 Å². The fourth-order valence-electron chi connectivity index (χ4n) is 3.24. The molecule has 2 rings (SSSR count). The molecule has 1 aromatic rings. The van der Waals surface area contributed by atoms with Gasteiger partial charge in [-0.2, -0.15) is 0 Å². The van der Waals surface area contributed by atoms with Crippen molar-refractivity contribution in [2.75, 3.05) is 26.7 Å². The summed E-state index contributed by atoms with van der Waals surface area (Å²) < 4.78 is 18.9. The lowest BCUT2D eigenvalue weighted by atomic mass is 9.78. The predicted octanol–water partition coefficient (Wildman–Crippen LogP) is 3.08. The van der Waals surface area contributed by atoms with Crippen molar-refractivity contribution in [2.45, 2.75) is 39.2 Å². The van der Waals surface area contributed by atoms with Crippen LogP contribution >= 0.6 is 0 Å². The Balaban J connectivity index is 1.69. The fourth-order valence-corrected chi connectivity index (χ4v) is 3.24. The Bertz CT molecular complexity index is 538. The molecule has 0 spiro atoms. The number of likely N-dealkylation sites (N-methyl/N-ethyl adjacent to an activating group) is 1. The molecular weight excluding hydrogens is 307 g/mol. The van der Waals surface area contributed by atoms with E-state index in [2.05, 4.69) is 19.2 Å². The lowest BCUT2D eigenvalue weighted by molar-refractivity contribution is -0.123. The molecule has 0 unspecified atom stereocenters. The molecule has 1 aliphatic carbocycles. The van der Waals surface area contributed by atoms with Crippen LogP contribution in [0.5, 0.6) is 5.75 Å². The van der Waals surface area contributed by atoms with E-state index in [1.807, 2.05) is 11.9 Å². The number of nitrogens with one attached hydrogen (secondary N) is 1. The van der Waals surface area contributed by atoms with Gasteiger partial charge in [-0.1, -0.05) is 38.8 Å². The topological polar surface area (TPSA) is 41.6 Å². The normalized spacial score (nSPS) is 24.0. The van der Waals surface area contributed by atoms with Crippen LogP contribution in [0.1, 0.15) is 33.1 Å². The van der Waals surface area contributed by atoms with E-state index in [1.54, 1.807) is 18.2 Å². The van der Waals surface area contributed by atoms with Gasteiger partial charge in [-0.25, -0.2) is 4.39 Å². The van der Waals surface area contributed by atoms with Gasteiger partial charge in [0.05, 0.1) is 6.54 Å². The molecule has 1 N–H and O–H groups in total. The molecule has 0 bridgehead atoms. The van der Waals surface area contributed by atoms with E-state index in [0.717, 1.165) is 6.42 Å². The minimum absolute atomic E-state index is 0.0503. The molecular formula is C19H29FN2O2. The lowest BCUT2D eigenvalue weighted by Gasteiger charge is -2.35. The van der Waals surface area contributed by atoms with Crippen LogP contribution in [0.2, 0.25) is 0 Å². The Morgan fingerprint density at radius 2 is 2.08 bits per heavy atom. The van der Waals surface area contributed by atoms with Crippen molar-refractivity contribution in [1.82, 2.24) is 10.2 Å². The Morgan fingerprint density at radius 1 is 1.33 bits per heavy atom. The summed E-state index contributed by atoms with van der Waals surface area (Å²) in [5, 5.41) is 3.17. The maximum absolute atomic E-state index is 13.5. The molecule has 4 nitrogen and oxygen atoms in total. The van der Waals surface area contributed by atoms with E-state index in [1.165, 1.54) is 18.9 Å². The first-order valence-electron chi connectivity index (χ1n) is 8.82. The Labute approximate surface area is 144 Å². The highest BCUT2D eigenvalue weighted by atomic mass is 19.1. The van der Waals surface area contributed by atoms with E-state index < -0.39 is 0 Å². The number of rotatable bonds is 7. The molecule has 0 saturated heterocycles. The summed E-state index contributed by atoms with van der Waals surface area (Å²) in [6, 6.07) is 6.63. The van der Waals surface area contributed by atoms with Crippen LogP contribution in [0, 0.1) is 17.7 Å². The van der Waals surface area contributed by atoms with Crippen molar-refractivity contribution in [3.8, 4) is 5.75 Å². The standard InChI is InChI=1S/C19H29FN2O2/c1-14-7-6-9-17(15(14)2)21-19(23)13-22(3)11-12-24-18-10-5-4-8-16(18)20/h4-5,8,10,14-15,17H,6-7,9,11-13H2,1-3H3,(H,21,23)/t14-,15+,17-/m1/s1.